The molecule has 0 saturated carbocycles. The van der Waals surface area contributed by atoms with Gasteiger partial charge in [0.1, 0.15) is 0 Å². The molecule has 106 valence electrons. The van der Waals surface area contributed by atoms with Crippen LogP contribution in [0.25, 0.3) is 0 Å². The molecule has 0 aromatic heterocycles. The maximum atomic E-state index is 11.1. The van der Waals surface area contributed by atoms with Crippen LogP contribution < -0.4 is 5.73 Å². The Morgan fingerprint density at radius 3 is 1.95 bits per heavy atom. The van der Waals surface area contributed by atoms with Gasteiger partial charge in [-0.1, -0.05) is 39.8 Å². The van der Waals surface area contributed by atoms with E-state index < -0.39 is 17.9 Å². The summed E-state index contributed by atoms with van der Waals surface area (Å²) in [6.45, 7) is 12.2. The number of carboxylic acid groups (broad SMARTS) is 1. The first-order valence-corrected chi connectivity index (χ1v) is 6.65. The van der Waals surface area contributed by atoms with Gasteiger partial charge in [0.15, 0.2) is 0 Å². The molecule has 2 atom stereocenters. The summed E-state index contributed by atoms with van der Waals surface area (Å²) in [5.74, 6) is -1.44. The van der Waals surface area contributed by atoms with Gasteiger partial charge in [-0.15, -0.1) is 0 Å². The molecule has 1 aromatic rings. The van der Waals surface area contributed by atoms with Gasteiger partial charge in [-0.3, -0.25) is 4.79 Å². The van der Waals surface area contributed by atoms with Crippen LogP contribution in [0.4, 0.5) is 0 Å². The van der Waals surface area contributed by atoms with Crippen molar-refractivity contribution in [3.63, 3.8) is 0 Å². The average molecular weight is 263 g/mol. The second-order valence-corrected chi connectivity index (χ2v) is 6.43. The topological polar surface area (TPSA) is 63.3 Å². The third-order valence-corrected chi connectivity index (χ3v) is 3.72. The number of hydrogen-bond acceptors (Lipinski definition) is 2. The first-order chi connectivity index (χ1) is 8.55. The van der Waals surface area contributed by atoms with Crippen LogP contribution in [-0.4, -0.2) is 11.1 Å². The number of hydrogen-bond donors (Lipinski definition) is 2. The van der Waals surface area contributed by atoms with Crippen molar-refractivity contribution in [2.45, 2.75) is 53.0 Å². The molecule has 3 N–H and O–H groups in total. The molecule has 0 saturated heterocycles. The number of rotatable bonds is 3. The Morgan fingerprint density at radius 2 is 1.63 bits per heavy atom. The smallest absolute Gasteiger partial charge is 0.308 e. The zero-order valence-corrected chi connectivity index (χ0v) is 12.7. The van der Waals surface area contributed by atoms with Gasteiger partial charge in [0.05, 0.1) is 5.92 Å². The van der Waals surface area contributed by atoms with Crippen LogP contribution in [0.3, 0.4) is 0 Å². The third-order valence-electron chi connectivity index (χ3n) is 3.72. The molecule has 19 heavy (non-hydrogen) atoms. The molecule has 0 aliphatic heterocycles. The lowest BCUT2D eigenvalue weighted by Crippen LogP contribution is -2.27. The minimum atomic E-state index is -0.855. The van der Waals surface area contributed by atoms with E-state index in [1.54, 1.807) is 6.92 Å². The summed E-state index contributed by atoms with van der Waals surface area (Å²) in [7, 11) is 0. The van der Waals surface area contributed by atoms with E-state index >= 15 is 0 Å². The highest BCUT2D eigenvalue weighted by molar-refractivity contribution is 5.71. The van der Waals surface area contributed by atoms with Crippen LogP contribution in [0, 0.1) is 19.8 Å². The number of aryl methyl sites for hydroxylation is 2. The third kappa shape index (κ3) is 3.35. The molecule has 3 heteroatoms. The molecular weight excluding hydrogens is 238 g/mol. The highest BCUT2D eigenvalue weighted by atomic mass is 16.4. The molecule has 0 fully saturated rings. The highest BCUT2D eigenvalue weighted by Crippen LogP contribution is 2.31. The van der Waals surface area contributed by atoms with Crippen molar-refractivity contribution < 1.29 is 9.90 Å². The Morgan fingerprint density at radius 1 is 1.21 bits per heavy atom. The second kappa shape index (κ2) is 5.33. The Bertz CT molecular complexity index is 463. The van der Waals surface area contributed by atoms with Crippen LogP contribution in [-0.2, 0) is 10.2 Å². The Balaban J connectivity index is 3.28. The maximum absolute atomic E-state index is 11.1. The van der Waals surface area contributed by atoms with Crippen molar-refractivity contribution in [1.29, 1.82) is 0 Å². The van der Waals surface area contributed by atoms with Crippen LogP contribution in [0.15, 0.2) is 12.1 Å². The van der Waals surface area contributed by atoms with Crippen LogP contribution in [0.5, 0.6) is 0 Å². The molecule has 0 heterocycles. The van der Waals surface area contributed by atoms with Gasteiger partial charge < -0.3 is 10.8 Å². The summed E-state index contributed by atoms with van der Waals surface area (Å²) in [6, 6.07) is 3.78. The molecular formula is C16H25NO2. The van der Waals surface area contributed by atoms with Crippen molar-refractivity contribution in [2.75, 3.05) is 0 Å². The van der Waals surface area contributed by atoms with E-state index in [2.05, 4.69) is 32.9 Å². The van der Waals surface area contributed by atoms with Crippen LogP contribution in [0.1, 0.15) is 56.0 Å². The molecule has 0 amide bonds. The fourth-order valence-corrected chi connectivity index (χ4v) is 2.34. The number of carbonyl (C=O) groups is 1. The van der Waals surface area contributed by atoms with E-state index in [-0.39, 0.29) is 5.41 Å². The summed E-state index contributed by atoms with van der Waals surface area (Å²) in [4.78, 5) is 11.1. The van der Waals surface area contributed by atoms with Crippen molar-refractivity contribution >= 4 is 5.97 Å². The normalized spacial score (nSPS) is 15.1. The standard InChI is InChI=1S/C16H25NO2/c1-9-7-12(16(4,5)6)8-10(2)13(9)14(17)11(3)15(18)19/h7-8,11,14H,17H2,1-6H3,(H,18,19). The molecule has 1 aromatic carbocycles. The number of carboxylic acids is 1. The molecule has 1 rings (SSSR count). The molecule has 0 bridgehead atoms. The summed E-state index contributed by atoms with van der Waals surface area (Å²) in [6.07, 6.45) is 0. The van der Waals surface area contributed by atoms with E-state index in [1.807, 2.05) is 13.8 Å². The van der Waals surface area contributed by atoms with Gasteiger partial charge in [-0.25, -0.2) is 0 Å². The van der Waals surface area contributed by atoms with Crippen LogP contribution in [0.2, 0.25) is 0 Å². The zero-order valence-electron chi connectivity index (χ0n) is 12.7. The van der Waals surface area contributed by atoms with E-state index in [0.717, 1.165) is 16.7 Å². The van der Waals surface area contributed by atoms with E-state index in [9.17, 15) is 4.79 Å². The second-order valence-electron chi connectivity index (χ2n) is 6.43. The quantitative estimate of drug-likeness (QED) is 0.879. The average Bonchev–Trinajstić information content (AvgIpc) is 2.25. The lowest BCUT2D eigenvalue weighted by atomic mass is 9.81. The predicted octanol–water partition coefficient (Wildman–Crippen LogP) is 3.32. The van der Waals surface area contributed by atoms with Crippen molar-refractivity contribution in [2.24, 2.45) is 11.7 Å². The molecule has 0 radical (unpaired) electrons. The van der Waals surface area contributed by atoms with Gasteiger partial charge in [0, 0.05) is 6.04 Å². The minimum Gasteiger partial charge on any atom is -0.481 e. The number of benzene rings is 1. The SMILES string of the molecule is Cc1cc(C(C)(C)C)cc(C)c1C(N)C(C)C(=O)O. The summed E-state index contributed by atoms with van der Waals surface area (Å²) in [5.41, 5.74) is 10.6. The molecule has 0 aliphatic carbocycles. The maximum Gasteiger partial charge on any atom is 0.308 e. The lowest BCUT2D eigenvalue weighted by molar-refractivity contribution is -0.141. The monoisotopic (exact) mass is 263 g/mol. The lowest BCUT2D eigenvalue weighted by Gasteiger charge is -2.26. The van der Waals surface area contributed by atoms with E-state index in [1.165, 1.54) is 5.56 Å². The largest absolute Gasteiger partial charge is 0.481 e. The van der Waals surface area contributed by atoms with Crippen LogP contribution >= 0.6 is 0 Å². The first kappa shape index (κ1) is 15.7. The summed E-state index contributed by atoms with van der Waals surface area (Å²) >= 11 is 0. The molecule has 3 nitrogen and oxygen atoms in total. The minimum absolute atomic E-state index is 0.0799. The highest BCUT2D eigenvalue weighted by Gasteiger charge is 2.25. The van der Waals surface area contributed by atoms with E-state index in [4.69, 9.17) is 10.8 Å². The van der Waals surface area contributed by atoms with Gasteiger partial charge >= 0.3 is 5.97 Å². The summed E-state index contributed by atoms with van der Waals surface area (Å²) in [5, 5.41) is 9.10. The summed E-state index contributed by atoms with van der Waals surface area (Å²) < 4.78 is 0. The Kier molecular flexibility index (Phi) is 4.41. The van der Waals surface area contributed by atoms with E-state index in [0.29, 0.717) is 0 Å². The molecule has 0 spiro atoms. The predicted molar refractivity (Wildman–Crippen MR) is 78.3 cm³/mol. The fourth-order valence-electron chi connectivity index (χ4n) is 2.34. The van der Waals surface area contributed by atoms with Gasteiger partial charge in [-0.2, -0.15) is 0 Å². The zero-order chi connectivity index (χ0) is 15.0. The molecule has 2 unspecified atom stereocenters. The fraction of sp³-hybridized carbons (Fsp3) is 0.562. The van der Waals surface area contributed by atoms with Gasteiger partial charge in [0.2, 0.25) is 0 Å². The Labute approximate surface area is 115 Å². The number of nitrogens with two attached hydrogens (primary N) is 1. The molecule has 0 aliphatic rings. The van der Waals surface area contributed by atoms with Crippen molar-refractivity contribution in [3.05, 3.63) is 34.4 Å². The van der Waals surface area contributed by atoms with Gasteiger partial charge in [0.25, 0.3) is 0 Å². The number of aliphatic carboxylic acids is 1. The van der Waals surface area contributed by atoms with Crippen molar-refractivity contribution in [3.8, 4) is 0 Å². The Hall–Kier alpha value is -1.35. The first-order valence-electron chi connectivity index (χ1n) is 6.65. The van der Waals surface area contributed by atoms with Crippen molar-refractivity contribution in [1.82, 2.24) is 0 Å². The van der Waals surface area contributed by atoms with Gasteiger partial charge in [-0.05, 0) is 41.5 Å².